The Hall–Kier alpha value is -1.10. The van der Waals surface area contributed by atoms with Gasteiger partial charge in [0.2, 0.25) is 0 Å². The second-order valence-corrected chi connectivity index (χ2v) is 8.05. The summed E-state index contributed by atoms with van der Waals surface area (Å²) in [6.07, 6.45) is 12.4. The molecule has 0 amide bonds. The number of carboxylic acids is 1. The molecule has 24 heavy (non-hydrogen) atoms. The first kappa shape index (κ1) is 19.2. The lowest BCUT2D eigenvalue weighted by Crippen LogP contribution is -2.11. The molecule has 2 rings (SSSR count). The number of ether oxygens (including phenoxy) is 1. The molecule has 5 heteroatoms. The van der Waals surface area contributed by atoms with E-state index in [0.29, 0.717) is 18.5 Å². The highest BCUT2D eigenvalue weighted by atomic mass is 16.5. The van der Waals surface area contributed by atoms with Gasteiger partial charge in [0.25, 0.3) is 6.47 Å². The molecule has 5 nitrogen and oxygen atoms in total. The number of carbonyl (C=O) groups is 2. The van der Waals surface area contributed by atoms with Crippen molar-refractivity contribution in [2.45, 2.75) is 89.6 Å². The van der Waals surface area contributed by atoms with Gasteiger partial charge >= 0.3 is 5.97 Å². The highest BCUT2D eigenvalue weighted by Crippen LogP contribution is 2.54. The quantitative estimate of drug-likeness (QED) is 0.351. The predicted molar refractivity (Wildman–Crippen MR) is 90.5 cm³/mol. The smallest absolute Gasteiger partial charge is 0.303 e. The number of carbonyl (C=O) groups excluding carboxylic acids is 1. The Morgan fingerprint density at radius 3 is 2.00 bits per heavy atom. The fraction of sp³-hybridized carbons (Fsp3) is 0.895. The van der Waals surface area contributed by atoms with Gasteiger partial charge in [0, 0.05) is 6.42 Å². The van der Waals surface area contributed by atoms with Crippen LogP contribution in [0.2, 0.25) is 0 Å². The lowest BCUT2D eigenvalue weighted by atomic mass is 9.91. The van der Waals surface area contributed by atoms with Gasteiger partial charge in [0.05, 0.1) is 12.7 Å². The van der Waals surface area contributed by atoms with E-state index in [1.807, 2.05) is 0 Å². The number of aliphatic hydroxyl groups excluding tert-OH is 1. The summed E-state index contributed by atoms with van der Waals surface area (Å²) in [4.78, 5) is 20.9. The topological polar surface area (TPSA) is 83.8 Å². The molecular formula is C19H32O5. The Bertz CT molecular complexity index is 412. The van der Waals surface area contributed by atoms with Crippen LogP contribution in [0.5, 0.6) is 0 Å². The van der Waals surface area contributed by atoms with E-state index in [0.717, 1.165) is 64.2 Å². The van der Waals surface area contributed by atoms with Crippen LogP contribution in [-0.4, -0.2) is 35.4 Å². The van der Waals surface area contributed by atoms with Gasteiger partial charge in [-0.3, -0.25) is 9.59 Å². The largest absolute Gasteiger partial charge is 0.481 e. The molecule has 2 N–H and O–H groups in total. The van der Waals surface area contributed by atoms with Crippen molar-refractivity contribution in [1.82, 2.24) is 0 Å². The maximum atomic E-state index is 10.7. The fourth-order valence-electron chi connectivity index (χ4n) is 3.87. The Morgan fingerprint density at radius 2 is 1.54 bits per heavy atom. The third-order valence-electron chi connectivity index (χ3n) is 6.09. The molecular weight excluding hydrogens is 308 g/mol. The molecule has 0 aromatic heterocycles. The molecule has 0 radical (unpaired) electrons. The standard InChI is InChI=1S/C19H32O5/c20-15-24-14-13-19(11-12-19)7-2-4-16(21)3-1-6-18(9-10-18)8-5-17(22)23/h15-16,21H,1-14H2,(H,22,23). The summed E-state index contributed by atoms with van der Waals surface area (Å²) in [5, 5.41) is 18.9. The second-order valence-electron chi connectivity index (χ2n) is 8.05. The maximum absolute atomic E-state index is 10.7. The molecule has 2 aliphatic carbocycles. The van der Waals surface area contributed by atoms with E-state index in [9.17, 15) is 14.7 Å². The van der Waals surface area contributed by atoms with Gasteiger partial charge in [-0.15, -0.1) is 0 Å². The lowest BCUT2D eigenvalue weighted by molar-refractivity contribution is -0.137. The molecule has 0 bridgehead atoms. The zero-order valence-corrected chi connectivity index (χ0v) is 14.7. The summed E-state index contributed by atoms with van der Waals surface area (Å²) in [6, 6.07) is 0. The molecule has 0 saturated heterocycles. The van der Waals surface area contributed by atoms with E-state index in [2.05, 4.69) is 0 Å². The van der Waals surface area contributed by atoms with Gasteiger partial charge in [0.15, 0.2) is 0 Å². The van der Waals surface area contributed by atoms with Crippen molar-refractivity contribution in [3.8, 4) is 0 Å². The summed E-state index contributed by atoms with van der Waals surface area (Å²) in [7, 11) is 0. The minimum absolute atomic E-state index is 0.234. The van der Waals surface area contributed by atoms with E-state index < -0.39 is 5.97 Å². The molecule has 2 aliphatic rings. The van der Waals surface area contributed by atoms with Crippen LogP contribution < -0.4 is 0 Å². The van der Waals surface area contributed by atoms with Crippen LogP contribution in [0.1, 0.15) is 83.5 Å². The molecule has 2 saturated carbocycles. The van der Waals surface area contributed by atoms with Gasteiger partial charge in [-0.2, -0.15) is 0 Å². The average molecular weight is 340 g/mol. The van der Waals surface area contributed by atoms with Crippen LogP contribution >= 0.6 is 0 Å². The fourth-order valence-corrected chi connectivity index (χ4v) is 3.87. The monoisotopic (exact) mass is 340 g/mol. The number of hydrogen-bond donors (Lipinski definition) is 2. The Morgan fingerprint density at radius 1 is 1.00 bits per heavy atom. The van der Waals surface area contributed by atoms with Crippen LogP contribution in [-0.2, 0) is 14.3 Å². The first-order chi connectivity index (χ1) is 11.5. The van der Waals surface area contributed by atoms with Crippen molar-refractivity contribution < 1.29 is 24.5 Å². The van der Waals surface area contributed by atoms with Crippen LogP contribution in [0.4, 0.5) is 0 Å². The maximum Gasteiger partial charge on any atom is 0.303 e. The molecule has 0 aromatic rings. The predicted octanol–water partition coefficient (Wildman–Crippen LogP) is 3.68. The molecule has 1 unspecified atom stereocenters. The molecule has 0 aliphatic heterocycles. The van der Waals surface area contributed by atoms with Crippen molar-refractivity contribution in [3.05, 3.63) is 0 Å². The minimum atomic E-state index is -0.700. The van der Waals surface area contributed by atoms with Crippen molar-refractivity contribution in [3.63, 3.8) is 0 Å². The molecule has 138 valence electrons. The average Bonchev–Trinajstić information content (AvgIpc) is 3.44. The number of aliphatic hydroxyl groups is 1. The zero-order valence-electron chi connectivity index (χ0n) is 14.7. The summed E-state index contributed by atoms with van der Waals surface area (Å²) < 4.78 is 4.80. The van der Waals surface area contributed by atoms with E-state index >= 15 is 0 Å². The Labute approximate surface area is 144 Å². The van der Waals surface area contributed by atoms with Crippen LogP contribution in [0.15, 0.2) is 0 Å². The normalized spacial score (nSPS) is 21.0. The first-order valence-electron chi connectivity index (χ1n) is 9.44. The first-order valence-corrected chi connectivity index (χ1v) is 9.44. The minimum Gasteiger partial charge on any atom is -0.481 e. The van der Waals surface area contributed by atoms with Crippen LogP contribution in [0.3, 0.4) is 0 Å². The summed E-state index contributed by atoms with van der Waals surface area (Å²) in [5.41, 5.74) is 0.645. The third-order valence-corrected chi connectivity index (χ3v) is 6.09. The van der Waals surface area contributed by atoms with E-state index in [1.165, 1.54) is 12.8 Å². The summed E-state index contributed by atoms with van der Waals surface area (Å²) >= 11 is 0. The highest BCUT2D eigenvalue weighted by Gasteiger charge is 2.42. The van der Waals surface area contributed by atoms with Crippen molar-refractivity contribution in [1.29, 1.82) is 0 Å². The summed E-state index contributed by atoms with van der Waals surface area (Å²) in [6.45, 7) is 1.04. The van der Waals surface area contributed by atoms with Gasteiger partial charge in [0.1, 0.15) is 0 Å². The van der Waals surface area contributed by atoms with E-state index in [4.69, 9.17) is 9.84 Å². The number of rotatable bonds is 15. The van der Waals surface area contributed by atoms with Gasteiger partial charge < -0.3 is 14.9 Å². The number of carboxylic acid groups (broad SMARTS) is 1. The van der Waals surface area contributed by atoms with Gasteiger partial charge in [-0.1, -0.05) is 12.8 Å². The zero-order chi connectivity index (χ0) is 17.5. The third kappa shape index (κ3) is 6.80. The second kappa shape index (κ2) is 8.84. The van der Waals surface area contributed by atoms with Crippen molar-refractivity contribution >= 4 is 12.4 Å². The van der Waals surface area contributed by atoms with Crippen molar-refractivity contribution in [2.24, 2.45) is 10.8 Å². The Balaban J connectivity index is 1.50. The van der Waals surface area contributed by atoms with Crippen LogP contribution in [0.25, 0.3) is 0 Å². The van der Waals surface area contributed by atoms with Crippen LogP contribution in [0, 0.1) is 10.8 Å². The number of aliphatic carboxylic acids is 1. The van der Waals surface area contributed by atoms with Gasteiger partial charge in [-0.05, 0) is 75.0 Å². The lowest BCUT2D eigenvalue weighted by Gasteiger charge is -2.17. The van der Waals surface area contributed by atoms with E-state index in [1.54, 1.807) is 0 Å². The highest BCUT2D eigenvalue weighted by molar-refractivity contribution is 5.66. The Kier molecular flexibility index (Phi) is 7.08. The van der Waals surface area contributed by atoms with Gasteiger partial charge in [-0.25, -0.2) is 0 Å². The number of hydrogen-bond acceptors (Lipinski definition) is 4. The SMILES string of the molecule is O=COCCC1(CCCC(O)CCCC2(CCC(=O)O)CC2)CC1. The molecule has 0 heterocycles. The van der Waals surface area contributed by atoms with Crippen molar-refractivity contribution in [2.75, 3.05) is 6.61 Å². The molecule has 0 aromatic carbocycles. The van der Waals surface area contributed by atoms with E-state index in [-0.39, 0.29) is 17.9 Å². The molecule has 0 spiro atoms. The molecule has 1 atom stereocenters. The summed E-state index contributed by atoms with van der Waals surface area (Å²) in [5.74, 6) is -0.700. The molecule has 2 fully saturated rings.